The fourth-order valence-corrected chi connectivity index (χ4v) is 3.16. The van der Waals surface area contributed by atoms with Crippen LogP contribution >= 0.6 is 11.6 Å². The summed E-state index contributed by atoms with van der Waals surface area (Å²) in [5.41, 5.74) is 1.30. The zero-order chi connectivity index (χ0) is 18.2. The van der Waals surface area contributed by atoms with Crippen molar-refractivity contribution in [3.63, 3.8) is 0 Å². The Balaban J connectivity index is 1.84. The van der Waals surface area contributed by atoms with Crippen LogP contribution in [-0.4, -0.2) is 38.3 Å². The number of halogens is 1. The van der Waals surface area contributed by atoms with Gasteiger partial charge in [0.05, 0.1) is 6.04 Å². The van der Waals surface area contributed by atoms with E-state index in [2.05, 4.69) is 15.2 Å². The van der Waals surface area contributed by atoms with Crippen molar-refractivity contribution < 1.29 is 9.53 Å². The maximum Gasteiger partial charge on any atom is 0.410 e. The highest BCUT2D eigenvalue weighted by Crippen LogP contribution is 2.33. The van der Waals surface area contributed by atoms with Crippen LogP contribution in [-0.2, 0) is 4.74 Å². The number of ether oxygens (including phenoxy) is 1. The largest absolute Gasteiger partial charge is 0.444 e. The van der Waals surface area contributed by atoms with Crippen molar-refractivity contribution in [2.24, 2.45) is 0 Å². The molecule has 1 unspecified atom stereocenters. The van der Waals surface area contributed by atoms with Crippen LogP contribution in [0.25, 0.3) is 11.4 Å². The molecule has 134 valence electrons. The maximum absolute atomic E-state index is 12.4. The van der Waals surface area contributed by atoms with Crippen LogP contribution in [0.2, 0.25) is 5.02 Å². The van der Waals surface area contributed by atoms with Crippen molar-refractivity contribution >= 4 is 17.7 Å². The first-order chi connectivity index (χ1) is 11.8. The molecule has 1 N–H and O–H groups in total. The monoisotopic (exact) mass is 362 g/mol. The molecule has 1 aromatic carbocycles. The lowest BCUT2D eigenvalue weighted by atomic mass is 10.1. The van der Waals surface area contributed by atoms with Gasteiger partial charge in [0.2, 0.25) is 0 Å². The zero-order valence-electron chi connectivity index (χ0n) is 15.0. The van der Waals surface area contributed by atoms with E-state index in [9.17, 15) is 4.79 Å². The highest BCUT2D eigenvalue weighted by molar-refractivity contribution is 6.31. The van der Waals surface area contributed by atoms with Crippen molar-refractivity contribution in [1.29, 1.82) is 0 Å². The molecule has 2 aromatic rings. The van der Waals surface area contributed by atoms with E-state index in [0.717, 1.165) is 24.0 Å². The lowest BCUT2D eigenvalue weighted by Crippen LogP contribution is -2.36. The number of nitrogens with one attached hydrogen (secondary N) is 1. The molecule has 0 radical (unpaired) electrons. The molecule has 25 heavy (non-hydrogen) atoms. The molecule has 0 spiro atoms. The second-order valence-corrected chi connectivity index (χ2v) is 7.70. The molecule has 1 atom stereocenters. The number of aromatic nitrogens is 3. The number of likely N-dealkylation sites (tertiary alicyclic amines) is 1. The molecule has 6 nitrogen and oxygen atoms in total. The summed E-state index contributed by atoms with van der Waals surface area (Å²) in [5, 5.41) is 8.00. The van der Waals surface area contributed by atoms with Crippen LogP contribution in [0.4, 0.5) is 4.79 Å². The second-order valence-electron chi connectivity index (χ2n) is 7.29. The molecule has 2 heterocycles. The highest BCUT2D eigenvalue weighted by Gasteiger charge is 2.35. The minimum Gasteiger partial charge on any atom is -0.444 e. The Bertz CT molecular complexity index is 782. The van der Waals surface area contributed by atoms with Crippen LogP contribution in [0.3, 0.4) is 0 Å². The van der Waals surface area contributed by atoms with E-state index in [1.54, 1.807) is 4.90 Å². The van der Waals surface area contributed by atoms with E-state index in [0.29, 0.717) is 23.2 Å². The molecule has 0 aliphatic carbocycles. The van der Waals surface area contributed by atoms with Gasteiger partial charge in [-0.3, -0.25) is 10.00 Å². The van der Waals surface area contributed by atoms with Crippen molar-refractivity contribution in [2.75, 3.05) is 6.54 Å². The lowest BCUT2D eigenvalue weighted by molar-refractivity contribution is 0.0218. The summed E-state index contributed by atoms with van der Waals surface area (Å²) in [6.45, 7) is 8.20. The van der Waals surface area contributed by atoms with Gasteiger partial charge in [0.15, 0.2) is 5.82 Å². The minimum absolute atomic E-state index is 0.143. The van der Waals surface area contributed by atoms with Crippen LogP contribution in [0.15, 0.2) is 18.2 Å². The molecule has 1 aliphatic heterocycles. The lowest BCUT2D eigenvalue weighted by Gasteiger charge is -2.27. The number of hydrogen-bond acceptors (Lipinski definition) is 4. The van der Waals surface area contributed by atoms with Gasteiger partial charge in [0.1, 0.15) is 11.4 Å². The summed E-state index contributed by atoms with van der Waals surface area (Å²) in [6, 6.07) is 5.52. The fraction of sp³-hybridized carbons (Fsp3) is 0.500. The number of carbonyl (C=O) groups excluding carboxylic acids is 1. The molecule has 1 fully saturated rings. The molecule has 1 amide bonds. The Morgan fingerprint density at radius 2 is 2.16 bits per heavy atom. The smallest absolute Gasteiger partial charge is 0.410 e. The third-order valence-electron chi connectivity index (χ3n) is 4.21. The Labute approximate surface area is 152 Å². The van der Waals surface area contributed by atoms with E-state index < -0.39 is 5.60 Å². The van der Waals surface area contributed by atoms with Gasteiger partial charge in [-0.05, 0) is 52.2 Å². The Morgan fingerprint density at radius 1 is 1.40 bits per heavy atom. The van der Waals surface area contributed by atoms with Crippen molar-refractivity contribution in [2.45, 2.75) is 52.2 Å². The highest BCUT2D eigenvalue weighted by atomic mass is 35.5. The van der Waals surface area contributed by atoms with Crippen molar-refractivity contribution in [3.05, 3.63) is 34.6 Å². The fourth-order valence-electron chi connectivity index (χ4n) is 2.98. The van der Waals surface area contributed by atoms with Gasteiger partial charge < -0.3 is 4.74 Å². The van der Waals surface area contributed by atoms with E-state index in [-0.39, 0.29) is 12.1 Å². The summed E-state index contributed by atoms with van der Waals surface area (Å²) < 4.78 is 5.51. The number of aromatic amines is 1. The minimum atomic E-state index is -0.519. The van der Waals surface area contributed by atoms with Gasteiger partial charge in [-0.25, -0.2) is 9.78 Å². The number of benzene rings is 1. The number of carbonyl (C=O) groups is 1. The molecular weight excluding hydrogens is 340 g/mol. The van der Waals surface area contributed by atoms with E-state index in [1.165, 1.54) is 0 Å². The molecule has 0 saturated carbocycles. The van der Waals surface area contributed by atoms with Crippen molar-refractivity contribution in [3.8, 4) is 11.4 Å². The second kappa shape index (κ2) is 6.67. The number of amides is 1. The molecule has 0 bridgehead atoms. The first kappa shape index (κ1) is 17.7. The maximum atomic E-state index is 12.4. The van der Waals surface area contributed by atoms with E-state index in [1.807, 2.05) is 45.9 Å². The van der Waals surface area contributed by atoms with Gasteiger partial charge in [0.25, 0.3) is 0 Å². The molecular formula is C18H23ClN4O2. The topological polar surface area (TPSA) is 71.1 Å². The molecule has 1 saturated heterocycles. The zero-order valence-corrected chi connectivity index (χ0v) is 15.7. The first-order valence-electron chi connectivity index (χ1n) is 8.43. The third-order valence-corrected chi connectivity index (χ3v) is 4.62. The molecule has 1 aliphatic rings. The van der Waals surface area contributed by atoms with Gasteiger partial charge in [-0.1, -0.05) is 23.7 Å². The summed E-state index contributed by atoms with van der Waals surface area (Å²) in [6.07, 6.45) is 1.44. The van der Waals surface area contributed by atoms with Gasteiger partial charge in [-0.2, -0.15) is 5.10 Å². The molecule has 7 heteroatoms. The van der Waals surface area contributed by atoms with Crippen LogP contribution in [0, 0.1) is 6.92 Å². The van der Waals surface area contributed by atoms with Crippen LogP contribution in [0.1, 0.15) is 51.0 Å². The number of hydrogen-bond donors (Lipinski definition) is 1. The average Bonchev–Trinajstić information content (AvgIpc) is 3.16. The van der Waals surface area contributed by atoms with Gasteiger partial charge in [-0.15, -0.1) is 0 Å². The van der Waals surface area contributed by atoms with E-state index in [4.69, 9.17) is 16.3 Å². The van der Waals surface area contributed by atoms with Crippen LogP contribution in [0.5, 0.6) is 0 Å². The van der Waals surface area contributed by atoms with Crippen molar-refractivity contribution in [1.82, 2.24) is 20.1 Å². The SMILES string of the molecule is Cc1c(Cl)cccc1-c1n[nH]c(C2CCCN2C(=O)OC(C)(C)C)n1. The van der Waals surface area contributed by atoms with E-state index >= 15 is 0 Å². The Hall–Kier alpha value is -2.08. The predicted molar refractivity (Wildman–Crippen MR) is 96.5 cm³/mol. The quantitative estimate of drug-likeness (QED) is 0.853. The summed E-state index contributed by atoms with van der Waals surface area (Å²) in [4.78, 5) is 18.8. The van der Waals surface area contributed by atoms with Gasteiger partial charge >= 0.3 is 6.09 Å². The summed E-state index contributed by atoms with van der Waals surface area (Å²) >= 11 is 6.19. The average molecular weight is 363 g/mol. The number of rotatable bonds is 2. The number of H-pyrrole nitrogens is 1. The standard InChI is InChI=1S/C18H23ClN4O2/c1-11-12(7-5-8-13(11)19)15-20-16(22-21-15)14-9-6-10-23(14)17(24)25-18(2,3)4/h5,7-8,14H,6,9-10H2,1-4H3,(H,20,21,22). The Kier molecular flexibility index (Phi) is 4.73. The molecule has 1 aromatic heterocycles. The van der Waals surface area contributed by atoms with Crippen LogP contribution < -0.4 is 0 Å². The normalized spacial score (nSPS) is 17.8. The number of nitrogens with zero attached hydrogens (tertiary/aromatic N) is 3. The third kappa shape index (κ3) is 3.79. The summed E-state index contributed by atoms with van der Waals surface area (Å²) in [7, 11) is 0. The predicted octanol–water partition coefficient (Wildman–Crippen LogP) is 4.51. The Morgan fingerprint density at radius 3 is 2.88 bits per heavy atom. The summed E-state index contributed by atoms with van der Waals surface area (Å²) in [5.74, 6) is 1.27. The first-order valence-corrected chi connectivity index (χ1v) is 8.81. The van der Waals surface area contributed by atoms with Gasteiger partial charge in [0, 0.05) is 17.1 Å². The molecule has 3 rings (SSSR count).